The van der Waals surface area contributed by atoms with E-state index in [0.29, 0.717) is 13.1 Å². The Labute approximate surface area is 155 Å². The number of hydrogen-bond donors (Lipinski definition) is 1. The first-order valence-electron chi connectivity index (χ1n) is 8.49. The summed E-state index contributed by atoms with van der Waals surface area (Å²) >= 11 is 0. The SMILES string of the molecule is Fc1ccccc1Oc1ccc(CNCc2ccc3c(c2)OCO3)cc1F. The monoisotopic (exact) mass is 369 g/mol. The molecule has 3 aromatic carbocycles. The summed E-state index contributed by atoms with van der Waals surface area (Å²) in [4.78, 5) is 0. The first-order chi connectivity index (χ1) is 13.2. The topological polar surface area (TPSA) is 39.7 Å². The molecule has 6 heteroatoms. The minimum absolute atomic E-state index is 0.00918. The molecule has 0 aliphatic carbocycles. The molecule has 1 heterocycles. The molecule has 0 amide bonds. The number of nitrogens with one attached hydrogen (secondary N) is 1. The van der Waals surface area contributed by atoms with Gasteiger partial charge in [0.1, 0.15) is 0 Å². The van der Waals surface area contributed by atoms with Crippen LogP contribution in [0, 0.1) is 11.6 Å². The molecule has 0 unspecified atom stereocenters. The van der Waals surface area contributed by atoms with Crippen LogP contribution in [-0.4, -0.2) is 6.79 Å². The summed E-state index contributed by atoms with van der Waals surface area (Å²) < 4.78 is 43.8. The van der Waals surface area contributed by atoms with Crippen molar-refractivity contribution in [2.24, 2.45) is 0 Å². The Morgan fingerprint density at radius 2 is 1.48 bits per heavy atom. The van der Waals surface area contributed by atoms with Crippen molar-refractivity contribution in [2.45, 2.75) is 13.1 Å². The second-order valence-corrected chi connectivity index (χ2v) is 6.09. The number of rotatable bonds is 6. The van der Waals surface area contributed by atoms with Gasteiger partial charge in [0.05, 0.1) is 0 Å². The number of fused-ring (bicyclic) bond motifs is 1. The second-order valence-electron chi connectivity index (χ2n) is 6.09. The summed E-state index contributed by atoms with van der Waals surface area (Å²) in [6.45, 7) is 1.32. The van der Waals surface area contributed by atoms with Crippen LogP contribution in [0.15, 0.2) is 60.7 Å². The molecule has 3 aromatic rings. The fourth-order valence-electron chi connectivity index (χ4n) is 2.79. The zero-order valence-electron chi connectivity index (χ0n) is 14.4. The van der Waals surface area contributed by atoms with Gasteiger partial charge in [-0.05, 0) is 47.5 Å². The average molecular weight is 369 g/mol. The third-order valence-corrected chi connectivity index (χ3v) is 4.15. The van der Waals surface area contributed by atoms with Crippen LogP contribution >= 0.6 is 0 Å². The van der Waals surface area contributed by atoms with Crippen molar-refractivity contribution in [1.82, 2.24) is 5.32 Å². The van der Waals surface area contributed by atoms with Gasteiger partial charge in [0.2, 0.25) is 6.79 Å². The maximum absolute atomic E-state index is 14.3. The minimum Gasteiger partial charge on any atom is -0.454 e. The van der Waals surface area contributed by atoms with Gasteiger partial charge in [-0.15, -0.1) is 0 Å². The summed E-state index contributed by atoms with van der Waals surface area (Å²) in [7, 11) is 0. The molecule has 4 nitrogen and oxygen atoms in total. The van der Waals surface area contributed by atoms with E-state index in [-0.39, 0.29) is 18.3 Å². The van der Waals surface area contributed by atoms with E-state index < -0.39 is 11.6 Å². The van der Waals surface area contributed by atoms with Crippen LogP contribution in [0.2, 0.25) is 0 Å². The fraction of sp³-hybridized carbons (Fsp3) is 0.143. The molecule has 0 aromatic heterocycles. The first-order valence-corrected chi connectivity index (χ1v) is 8.49. The molecule has 0 spiro atoms. The highest BCUT2D eigenvalue weighted by Crippen LogP contribution is 2.32. The number of benzene rings is 3. The Balaban J connectivity index is 1.36. The van der Waals surface area contributed by atoms with Crippen molar-refractivity contribution >= 4 is 0 Å². The lowest BCUT2D eigenvalue weighted by Crippen LogP contribution is -2.12. The van der Waals surface area contributed by atoms with Crippen LogP contribution in [-0.2, 0) is 13.1 Å². The van der Waals surface area contributed by atoms with Gasteiger partial charge >= 0.3 is 0 Å². The molecule has 0 bridgehead atoms. The molecule has 0 radical (unpaired) electrons. The summed E-state index contributed by atoms with van der Waals surface area (Å²) in [6, 6.07) is 16.3. The fourth-order valence-corrected chi connectivity index (χ4v) is 2.79. The highest BCUT2D eigenvalue weighted by Gasteiger charge is 2.13. The van der Waals surface area contributed by atoms with Crippen molar-refractivity contribution in [3.8, 4) is 23.0 Å². The van der Waals surface area contributed by atoms with Gasteiger partial charge in [0.25, 0.3) is 0 Å². The number of halogens is 2. The highest BCUT2D eigenvalue weighted by molar-refractivity contribution is 5.44. The van der Waals surface area contributed by atoms with Gasteiger partial charge in [-0.2, -0.15) is 0 Å². The van der Waals surface area contributed by atoms with Crippen molar-refractivity contribution in [3.05, 3.63) is 83.4 Å². The van der Waals surface area contributed by atoms with Gasteiger partial charge in [-0.1, -0.05) is 24.3 Å². The van der Waals surface area contributed by atoms with Gasteiger partial charge in [0, 0.05) is 13.1 Å². The van der Waals surface area contributed by atoms with Crippen molar-refractivity contribution < 1.29 is 23.0 Å². The van der Waals surface area contributed by atoms with E-state index in [1.807, 2.05) is 18.2 Å². The third kappa shape index (κ3) is 4.01. The Morgan fingerprint density at radius 1 is 0.778 bits per heavy atom. The quantitative estimate of drug-likeness (QED) is 0.679. The molecule has 4 rings (SSSR count). The van der Waals surface area contributed by atoms with E-state index in [1.165, 1.54) is 24.3 Å². The van der Waals surface area contributed by atoms with E-state index in [2.05, 4.69) is 5.32 Å². The number of para-hydroxylation sites is 1. The largest absolute Gasteiger partial charge is 0.454 e. The molecule has 138 valence electrons. The molecule has 0 fully saturated rings. The zero-order chi connectivity index (χ0) is 18.6. The van der Waals surface area contributed by atoms with Gasteiger partial charge in [0.15, 0.2) is 34.6 Å². The number of ether oxygens (including phenoxy) is 3. The summed E-state index contributed by atoms with van der Waals surface area (Å²) in [5.41, 5.74) is 1.80. The summed E-state index contributed by atoms with van der Waals surface area (Å²) in [5, 5.41) is 3.25. The Hall–Kier alpha value is -3.12. The van der Waals surface area contributed by atoms with Gasteiger partial charge in [-0.25, -0.2) is 8.78 Å². The lowest BCUT2D eigenvalue weighted by molar-refractivity contribution is 0.174. The summed E-state index contributed by atoms with van der Waals surface area (Å²) in [5.74, 6) is 0.373. The minimum atomic E-state index is -0.541. The van der Waals surface area contributed by atoms with Crippen LogP contribution in [0.25, 0.3) is 0 Å². The predicted molar refractivity (Wildman–Crippen MR) is 96.0 cm³/mol. The molecular formula is C21H17F2NO3. The van der Waals surface area contributed by atoms with Crippen LogP contribution in [0.1, 0.15) is 11.1 Å². The van der Waals surface area contributed by atoms with Crippen LogP contribution in [0.4, 0.5) is 8.78 Å². The molecule has 0 saturated heterocycles. The maximum atomic E-state index is 14.3. The maximum Gasteiger partial charge on any atom is 0.231 e. The van der Waals surface area contributed by atoms with Crippen LogP contribution < -0.4 is 19.5 Å². The third-order valence-electron chi connectivity index (χ3n) is 4.15. The van der Waals surface area contributed by atoms with Crippen molar-refractivity contribution in [3.63, 3.8) is 0 Å². The van der Waals surface area contributed by atoms with E-state index in [0.717, 1.165) is 22.6 Å². The molecule has 27 heavy (non-hydrogen) atoms. The first kappa shape index (κ1) is 17.3. The van der Waals surface area contributed by atoms with E-state index in [1.54, 1.807) is 18.2 Å². The van der Waals surface area contributed by atoms with Crippen LogP contribution in [0.5, 0.6) is 23.0 Å². The molecule has 1 aliphatic heterocycles. The van der Waals surface area contributed by atoms with Crippen molar-refractivity contribution in [1.29, 1.82) is 0 Å². The Kier molecular flexibility index (Phi) is 4.89. The molecule has 1 N–H and O–H groups in total. The zero-order valence-corrected chi connectivity index (χ0v) is 14.4. The van der Waals surface area contributed by atoms with E-state index >= 15 is 0 Å². The molecule has 1 aliphatic rings. The van der Waals surface area contributed by atoms with Gasteiger partial charge < -0.3 is 19.5 Å². The summed E-state index contributed by atoms with van der Waals surface area (Å²) in [6.07, 6.45) is 0. The second kappa shape index (κ2) is 7.63. The standard InChI is InChI=1S/C21H17F2NO3/c22-16-3-1-2-4-18(16)27-19-7-5-14(9-17(19)23)11-24-12-15-6-8-20-21(10-15)26-13-25-20/h1-10,24H,11-13H2. The predicted octanol–water partition coefficient (Wildman–Crippen LogP) is 4.78. The molecule has 0 atom stereocenters. The lowest BCUT2D eigenvalue weighted by Gasteiger charge is -2.10. The normalized spacial score (nSPS) is 12.2. The Morgan fingerprint density at radius 3 is 2.30 bits per heavy atom. The van der Waals surface area contributed by atoms with Gasteiger partial charge in [-0.3, -0.25) is 0 Å². The van der Waals surface area contributed by atoms with Crippen LogP contribution in [0.3, 0.4) is 0 Å². The average Bonchev–Trinajstić information content (AvgIpc) is 3.13. The number of hydrogen-bond acceptors (Lipinski definition) is 4. The smallest absolute Gasteiger partial charge is 0.231 e. The Bertz CT molecular complexity index is 962. The molecule has 0 saturated carbocycles. The lowest BCUT2D eigenvalue weighted by atomic mass is 10.1. The van der Waals surface area contributed by atoms with Crippen molar-refractivity contribution in [2.75, 3.05) is 6.79 Å². The van der Waals surface area contributed by atoms with E-state index in [9.17, 15) is 8.78 Å². The highest BCUT2D eigenvalue weighted by atomic mass is 19.1. The molecular weight excluding hydrogens is 352 g/mol. The van der Waals surface area contributed by atoms with E-state index in [4.69, 9.17) is 14.2 Å².